The number of hydrogen-bond acceptors (Lipinski definition) is 5. The summed E-state index contributed by atoms with van der Waals surface area (Å²) in [7, 11) is -1.39. The molecule has 0 radical (unpaired) electrons. The number of esters is 1. The van der Waals surface area contributed by atoms with Crippen LogP contribution in [0.3, 0.4) is 0 Å². The van der Waals surface area contributed by atoms with Crippen molar-refractivity contribution in [1.29, 1.82) is 0 Å². The molecule has 0 aliphatic carbocycles. The number of ether oxygens (including phenoxy) is 1. The van der Waals surface area contributed by atoms with Crippen LogP contribution < -0.4 is 10.2 Å². The number of benzene rings is 2. The second-order valence-electron chi connectivity index (χ2n) is 7.20. The average molecular weight is 414 g/mol. The molecule has 3 rings (SSSR count). The number of hydrogen-bond donors (Lipinski definition) is 1. The largest absolute Gasteiger partial charge is 0.449 e. The zero-order chi connectivity index (χ0) is 21.3. The molecule has 1 aliphatic heterocycles. The molecule has 2 aromatic rings. The minimum absolute atomic E-state index is 0.143. The van der Waals surface area contributed by atoms with Crippen LogP contribution in [0.15, 0.2) is 53.4 Å². The van der Waals surface area contributed by atoms with Gasteiger partial charge in [-0.2, -0.15) is 0 Å². The minimum Gasteiger partial charge on any atom is -0.449 e. The maximum absolute atomic E-state index is 13.2. The molecule has 0 bridgehead atoms. The second kappa shape index (κ2) is 7.79. The Kier molecular flexibility index (Phi) is 5.57. The van der Waals surface area contributed by atoms with Crippen molar-refractivity contribution < 1.29 is 23.3 Å². The van der Waals surface area contributed by atoms with Crippen LogP contribution in [0, 0.1) is 0 Å². The molecule has 1 aliphatic rings. The average Bonchev–Trinajstić information content (AvgIpc) is 2.68. The molecule has 0 fully saturated rings. The van der Waals surface area contributed by atoms with E-state index in [1.165, 1.54) is 24.1 Å². The summed E-state index contributed by atoms with van der Waals surface area (Å²) in [5.41, 5.74) is 0.00841. The topological polar surface area (TPSA) is 92.8 Å². The Morgan fingerprint density at radius 2 is 1.72 bits per heavy atom. The lowest BCUT2D eigenvalue weighted by Crippen LogP contribution is -2.60. The van der Waals surface area contributed by atoms with Crippen molar-refractivity contribution >= 4 is 40.0 Å². The number of carbonyl (C=O) groups is 3. The SMILES string of the molecule is C[C@H](OC(=O)c1ccccc1[S@@](C)=O)C(=O)N1c2ccccc2NC(=O)C1(C)C. The lowest BCUT2D eigenvalue weighted by molar-refractivity contribution is -0.131. The zero-order valence-corrected chi connectivity index (χ0v) is 17.4. The molecule has 29 heavy (non-hydrogen) atoms. The highest BCUT2D eigenvalue weighted by atomic mass is 32.2. The van der Waals surface area contributed by atoms with Crippen molar-refractivity contribution in [2.24, 2.45) is 0 Å². The molecule has 0 unspecified atom stereocenters. The summed E-state index contributed by atoms with van der Waals surface area (Å²) in [5, 5.41) is 2.79. The smallest absolute Gasteiger partial charge is 0.340 e. The third-order valence-electron chi connectivity index (χ3n) is 4.78. The van der Waals surface area contributed by atoms with Gasteiger partial charge in [0, 0.05) is 6.26 Å². The molecule has 152 valence electrons. The van der Waals surface area contributed by atoms with Crippen LogP contribution in [0.2, 0.25) is 0 Å². The van der Waals surface area contributed by atoms with Gasteiger partial charge in [0.1, 0.15) is 5.54 Å². The van der Waals surface area contributed by atoms with Gasteiger partial charge in [-0.1, -0.05) is 24.3 Å². The van der Waals surface area contributed by atoms with Crippen LogP contribution in [-0.4, -0.2) is 39.9 Å². The van der Waals surface area contributed by atoms with Gasteiger partial charge in [-0.05, 0) is 45.0 Å². The molecule has 0 saturated heterocycles. The first-order valence-electron chi connectivity index (χ1n) is 9.02. The van der Waals surface area contributed by atoms with Crippen LogP contribution in [0.25, 0.3) is 0 Å². The van der Waals surface area contributed by atoms with Crippen LogP contribution in [0.4, 0.5) is 11.4 Å². The third kappa shape index (κ3) is 3.80. The Hall–Kier alpha value is -3.00. The van der Waals surface area contributed by atoms with Crippen molar-refractivity contribution in [3.63, 3.8) is 0 Å². The predicted octanol–water partition coefficient (Wildman–Crippen LogP) is 2.73. The van der Waals surface area contributed by atoms with Gasteiger partial charge in [-0.25, -0.2) is 4.79 Å². The van der Waals surface area contributed by atoms with Gasteiger partial charge in [0.2, 0.25) is 5.91 Å². The monoisotopic (exact) mass is 414 g/mol. The van der Waals surface area contributed by atoms with E-state index in [-0.39, 0.29) is 11.5 Å². The van der Waals surface area contributed by atoms with Crippen LogP contribution in [0.1, 0.15) is 31.1 Å². The van der Waals surface area contributed by atoms with Gasteiger partial charge in [-0.15, -0.1) is 0 Å². The molecular formula is C21H22N2O5S. The van der Waals surface area contributed by atoms with E-state index >= 15 is 0 Å². The van der Waals surface area contributed by atoms with Gasteiger partial charge in [0.25, 0.3) is 5.91 Å². The fourth-order valence-corrected chi connectivity index (χ4v) is 3.92. The quantitative estimate of drug-likeness (QED) is 0.777. The Labute approximate surface area is 171 Å². The number of carbonyl (C=O) groups excluding carboxylic acids is 3. The van der Waals surface area contributed by atoms with Crippen molar-refractivity contribution in [3.8, 4) is 0 Å². The number of anilines is 2. The van der Waals surface area contributed by atoms with Crippen molar-refractivity contribution in [2.45, 2.75) is 37.3 Å². The van der Waals surface area contributed by atoms with Gasteiger partial charge in [0.15, 0.2) is 6.10 Å². The van der Waals surface area contributed by atoms with E-state index in [0.717, 1.165) is 0 Å². The standard InChI is InChI=1S/C21H22N2O5S/c1-13(28-19(25)14-9-5-8-12-17(14)29(4)27)18(24)23-16-11-7-6-10-15(16)22-20(26)21(23,2)3/h5-13H,1-4H3,(H,22,26)/t13-,29+/m0/s1. The normalized spacial score (nSPS) is 17.0. The molecule has 0 aromatic heterocycles. The van der Waals surface area contributed by atoms with E-state index in [0.29, 0.717) is 16.3 Å². The number of amides is 2. The molecule has 0 spiro atoms. The number of nitrogens with zero attached hydrogens (tertiary/aromatic N) is 1. The maximum atomic E-state index is 13.2. The molecular weight excluding hydrogens is 392 g/mol. The molecule has 8 heteroatoms. The van der Waals surface area contributed by atoms with Crippen molar-refractivity contribution in [2.75, 3.05) is 16.5 Å². The number of nitrogens with one attached hydrogen (secondary N) is 1. The Balaban J connectivity index is 1.89. The first-order valence-corrected chi connectivity index (χ1v) is 10.6. The summed E-state index contributed by atoms with van der Waals surface area (Å²) in [6.07, 6.45) is 0.311. The maximum Gasteiger partial charge on any atom is 0.340 e. The molecule has 1 heterocycles. The summed E-state index contributed by atoms with van der Waals surface area (Å²) in [5.74, 6) is -1.61. The summed E-state index contributed by atoms with van der Waals surface area (Å²) in [4.78, 5) is 40.1. The van der Waals surface area contributed by atoms with Gasteiger partial charge < -0.3 is 10.1 Å². The second-order valence-corrected chi connectivity index (χ2v) is 8.55. The van der Waals surface area contributed by atoms with Gasteiger partial charge in [-0.3, -0.25) is 18.7 Å². The molecule has 1 N–H and O–H groups in total. The third-order valence-corrected chi connectivity index (χ3v) is 5.75. The summed E-state index contributed by atoms with van der Waals surface area (Å²) < 4.78 is 17.3. The van der Waals surface area contributed by atoms with E-state index in [1.54, 1.807) is 56.3 Å². The summed E-state index contributed by atoms with van der Waals surface area (Å²) >= 11 is 0. The van der Waals surface area contributed by atoms with Crippen LogP contribution in [0.5, 0.6) is 0 Å². The van der Waals surface area contributed by atoms with E-state index in [2.05, 4.69) is 5.32 Å². The van der Waals surface area contributed by atoms with Crippen LogP contribution in [-0.2, 0) is 25.1 Å². The summed E-state index contributed by atoms with van der Waals surface area (Å²) in [6, 6.07) is 13.3. The minimum atomic E-state index is -1.39. The molecule has 2 amide bonds. The van der Waals surface area contributed by atoms with E-state index in [9.17, 15) is 18.6 Å². The molecule has 0 saturated carbocycles. The lowest BCUT2D eigenvalue weighted by Gasteiger charge is -2.42. The zero-order valence-electron chi connectivity index (χ0n) is 16.6. The van der Waals surface area contributed by atoms with E-state index < -0.39 is 34.3 Å². The van der Waals surface area contributed by atoms with E-state index in [4.69, 9.17) is 4.74 Å². The Morgan fingerprint density at radius 3 is 2.41 bits per heavy atom. The lowest BCUT2D eigenvalue weighted by atomic mass is 9.95. The number of para-hydroxylation sites is 2. The Bertz CT molecular complexity index is 1020. The first kappa shape index (κ1) is 20.7. The first-order chi connectivity index (χ1) is 13.6. The van der Waals surface area contributed by atoms with Crippen molar-refractivity contribution in [1.82, 2.24) is 0 Å². The predicted molar refractivity (Wildman–Crippen MR) is 110 cm³/mol. The van der Waals surface area contributed by atoms with Crippen molar-refractivity contribution in [3.05, 3.63) is 54.1 Å². The van der Waals surface area contributed by atoms with Gasteiger partial charge in [0.05, 0.1) is 32.6 Å². The number of rotatable bonds is 4. The molecule has 7 nitrogen and oxygen atoms in total. The molecule has 2 atom stereocenters. The highest BCUT2D eigenvalue weighted by Crippen LogP contribution is 2.37. The summed E-state index contributed by atoms with van der Waals surface area (Å²) in [6.45, 7) is 4.71. The fourth-order valence-electron chi connectivity index (χ4n) is 3.19. The highest BCUT2D eigenvalue weighted by molar-refractivity contribution is 7.84. The highest BCUT2D eigenvalue weighted by Gasteiger charge is 2.45. The molecule has 2 aromatic carbocycles. The Morgan fingerprint density at radius 1 is 1.10 bits per heavy atom. The van der Waals surface area contributed by atoms with E-state index in [1.807, 2.05) is 0 Å². The number of fused-ring (bicyclic) bond motifs is 1. The van der Waals surface area contributed by atoms with Gasteiger partial charge >= 0.3 is 5.97 Å². The van der Waals surface area contributed by atoms with Crippen LogP contribution >= 0.6 is 0 Å². The fraction of sp³-hybridized carbons (Fsp3) is 0.286.